The van der Waals surface area contributed by atoms with Crippen LogP contribution in [-0.2, 0) is 25.7 Å². The Balaban J connectivity index is 1.68. The Hall–Kier alpha value is -2.94. The van der Waals surface area contributed by atoms with Crippen molar-refractivity contribution in [1.29, 1.82) is 5.26 Å². The van der Waals surface area contributed by atoms with E-state index in [0.717, 1.165) is 4.90 Å². The van der Waals surface area contributed by atoms with E-state index < -0.39 is 12.0 Å². The van der Waals surface area contributed by atoms with Crippen LogP contribution in [0.3, 0.4) is 0 Å². The first-order valence-corrected chi connectivity index (χ1v) is 8.21. The molecule has 0 radical (unpaired) electrons. The summed E-state index contributed by atoms with van der Waals surface area (Å²) in [4.78, 5) is 38.4. The Morgan fingerprint density at radius 1 is 1.24 bits per heavy atom. The molecule has 1 aliphatic heterocycles. The normalized spacial score (nSPS) is 23.1. The van der Waals surface area contributed by atoms with Crippen molar-refractivity contribution in [3.8, 4) is 6.07 Å². The molecule has 1 saturated heterocycles. The molecule has 1 aromatic carbocycles. The zero-order chi connectivity index (χ0) is 18.0. The van der Waals surface area contributed by atoms with Gasteiger partial charge in [-0.3, -0.25) is 14.5 Å². The molecule has 1 aromatic rings. The highest BCUT2D eigenvalue weighted by Crippen LogP contribution is 2.36. The number of nitriles is 1. The second-order valence-electron chi connectivity index (χ2n) is 6.25. The van der Waals surface area contributed by atoms with Crippen molar-refractivity contribution < 1.29 is 19.1 Å². The summed E-state index contributed by atoms with van der Waals surface area (Å²) >= 11 is 0. The van der Waals surface area contributed by atoms with Crippen LogP contribution in [0.15, 0.2) is 36.4 Å². The van der Waals surface area contributed by atoms with Crippen molar-refractivity contribution in [3.63, 3.8) is 0 Å². The lowest BCUT2D eigenvalue weighted by molar-refractivity contribution is -0.159. The van der Waals surface area contributed by atoms with Crippen LogP contribution in [-0.4, -0.2) is 28.7 Å². The third kappa shape index (κ3) is 3.05. The van der Waals surface area contributed by atoms with Gasteiger partial charge in [0.1, 0.15) is 12.6 Å². The first-order valence-electron chi connectivity index (χ1n) is 8.21. The molecule has 1 fully saturated rings. The molecule has 6 heteroatoms. The number of esters is 1. The number of nitrogens with zero attached hydrogens (tertiary/aromatic N) is 2. The van der Waals surface area contributed by atoms with E-state index in [4.69, 9.17) is 10.00 Å². The van der Waals surface area contributed by atoms with E-state index in [9.17, 15) is 14.4 Å². The SMILES string of the molecule is C[C@@H](C(=O)OCc1ccccc1C#N)N1C(=O)[C@H]2CC=CC[C@H]2C1=O. The van der Waals surface area contributed by atoms with Crippen molar-refractivity contribution in [2.75, 3.05) is 0 Å². The maximum absolute atomic E-state index is 12.5. The highest BCUT2D eigenvalue weighted by Gasteiger charge is 2.50. The minimum Gasteiger partial charge on any atom is -0.459 e. The van der Waals surface area contributed by atoms with E-state index in [1.165, 1.54) is 6.92 Å². The number of amides is 2. The predicted octanol–water partition coefficient (Wildman–Crippen LogP) is 1.94. The molecular weight excluding hydrogens is 320 g/mol. The topological polar surface area (TPSA) is 87.5 Å². The van der Waals surface area contributed by atoms with Crippen LogP contribution in [0.25, 0.3) is 0 Å². The molecule has 2 amide bonds. The fraction of sp³-hybridized carbons (Fsp3) is 0.368. The molecule has 1 heterocycles. The number of rotatable bonds is 4. The molecule has 0 aromatic heterocycles. The number of allylic oxidation sites excluding steroid dienone is 2. The highest BCUT2D eigenvalue weighted by molar-refractivity contribution is 6.08. The van der Waals surface area contributed by atoms with Crippen LogP contribution in [0.2, 0.25) is 0 Å². The largest absolute Gasteiger partial charge is 0.459 e. The summed E-state index contributed by atoms with van der Waals surface area (Å²) < 4.78 is 5.24. The van der Waals surface area contributed by atoms with Gasteiger partial charge in [0.25, 0.3) is 0 Å². The van der Waals surface area contributed by atoms with Gasteiger partial charge in [-0.05, 0) is 25.8 Å². The Morgan fingerprint density at radius 2 is 1.84 bits per heavy atom. The van der Waals surface area contributed by atoms with Crippen molar-refractivity contribution in [2.24, 2.45) is 11.8 Å². The number of ether oxygens (including phenoxy) is 1. The molecule has 128 valence electrons. The molecule has 0 unspecified atom stereocenters. The predicted molar refractivity (Wildman–Crippen MR) is 87.6 cm³/mol. The maximum Gasteiger partial charge on any atom is 0.329 e. The lowest BCUT2D eigenvalue weighted by Crippen LogP contribution is -2.44. The average Bonchev–Trinajstić information content (AvgIpc) is 2.90. The number of fused-ring (bicyclic) bond motifs is 1. The van der Waals surface area contributed by atoms with E-state index in [2.05, 4.69) is 0 Å². The number of hydrogen-bond acceptors (Lipinski definition) is 5. The number of benzene rings is 1. The Bertz CT molecular complexity index is 767. The van der Waals surface area contributed by atoms with Gasteiger partial charge in [-0.15, -0.1) is 0 Å². The van der Waals surface area contributed by atoms with Crippen LogP contribution in [0.1, 0.15) is 30.9 Å². The summed E-state index contributed by atoms with van der Waals surface area (Å²) in [6.07, 6.45) is 4.86. The summed E-state index contributed by atoms with van der Waals surface area (Å²) in [5.74, 6) is -2.00. The molecule has 0 N–H and O–H groups in total. The molecule has 6 nitrogen and oxygen atoms in total. The van der Waals surface area contributed by atoms with E-state index in [0.29, 0.717) is 24.0 Å². The van der Waals surface area contributed by atoms with Gasteiger partial charge in [-0.2, -0.15) is 5.26 Å². The van der Waals surface area contributed by atoms with Gasteiger partial charge in [-0.1, -0.05) is 30.4 Å². The Morgan fingerprint density at radius 3 is 2.44 bits per heavy atom. The molecule has 3 rings (SSSR count). The molecule has 2 aliphatic rings. The van der Waals surface area contributed by atoms with Gasteiger partial charge >= 0.3 is 5.97 Å². The van der Waals surface area contributed by atoms with E-state index >= 15 is 0 Å². The zero-order valence-corrected chi connectivity index (χ0v) is 13.8. The second kappa shape index (κ2) is 6.89. The summed E-state index contributed by atoms with van der Waals surface area (Å²) in [5, 5.41) is 9.06. The fourth-order valence-corrected chi connectivity index (χ4v) is 3.34. The van der Waals surface area contributed by atoms with Crippen molar-refractivity contribution >= 4 is 17.8 Å². The standard InChI is InChI=1S/C19H18N2O4/c1-12(19(24)25-11-14-7-3-2-6-13(14)10-20)21-17(22)15-8-4-5-9-16(15)18(21)23/h2-7,12,15-16H,8-9,11H2,1H3/t12-,15-,16+/m0/s1. The smallest absolute Gasteiger partial charge is 0.329 e. The second-order valence-corrected chi connectivity index (χ2v) is 6.25. The number of carbonyl (C=O) groups is 3. The molecule has 0 spiro atoms. The highest BCUT2D eigenvalue weighted by atomic mass is 16.5. The van der Waals surface area contributed by atoms with Crippen LogP contribution in [0.4, 0.5) is 0 Å². The van der Waals surface area contributed by atoms with Crippen molar-refractivity contribution in [2.45, 2.75) is 32.4 Å². The van der Waals surface area contributed by atoms with Gasteiger partial charge in [0, 0.05) is 5.56 Å². The molecule has 3 atom stereocenters. The van der Waals surface area contributed by atoms with Gasteiger partial charge in [0.05, 0.1) is 23.5 Å². The van der Waals surface area contributed by atoms with E-state index in [-0.39, 0.29) is 30.3 Å². The van der Waals surface area contributed by atoms with Crippen LogP contribution in [0, 0.1) is 23.2 Å². The summed E-state index contributed by atoms with van der Waals surface area (Å²) in [5.41, 5.74) is 1.01. The van der Waals surface area contributed by atoms with E-state index in [1.54, 1.807) is 24.3 Å². The molecule has 1 aliphatic carbocycles. The number of likely N-dealkylation sites (tertiary alicyclic amines) is 1. The van der Waals surface area contributed by atoms with E-state index in [1.807, 2.05) is 18.2 Å². The Kier molecular flexibility index (Phi) is 4.66. The summed E-state index contributed by atoms with van der Waals surface area (Å²) in [6, 6.07) is 7.87. The first kappa shape index (κ1) is 16.9. The van der Waals surface area contributed by atoms with Crippen LogP contribution >= 0.6 is 0 Å². The van der Waals surface area contributed by atoms with Gasteiger partial charge in [0.2, 0.25) is 11.8 Å². The lowest BCUT2D eigenvalue weighted by Gasteiger charge is -2.21. The minimum atomic E-state index is -0.972. The number of hydrogen-bond donors (Lipinski definition) is 0. The molecule has 25 heavy (non-hydrogen) atoms. The van der Waals surface area contributed by atoms with Gasteiger partial charge in [-0.25, -0.2) is 4.79 Å². The molecule has 0 bridgehead atoms. The van der Waals surface area contributed by atoms with Crippen molar-refractivity contribution in [3.05, 3.63) is 47.5 Å². The van der Waals surface area contributed by atoms with Crippen LogP contribution < -0.4 is 0 Å². The lowest BCUT2D eigenvalue weighted by atomic mass is 9.85. The maximum atomic E-state index is 12.5. The monoisotopic (exact) mass is 338 g/mol. The van der Waals surface area contributed by atoms with Crippen LogP contribution in [0.5, 0.6) is 0 Å². The summed E-state index contributed by atoms with van der Waals surface area (Å²) in [7, 11) is 0. The van der Waals surface area contributed by atoms with Gasteiger partial charge in [0.15, 0.2) is 0 Å². The Labute approximate surface area is 145 Å². The molecular formula is C19H18N2O4. The van der Waals surface area contributed by atoms with Crippen molar-refractivity contribution in [1.82, 2.24) is 4.90 Å². The fourth-order valence-electron chi connectivity index (χ4n) is 3.34. The zero-order valence-electron chi connectivity index (χ0n) is 13.8. The van der Waals surface area contributed by atoms with Gasteiger partial charge < -0.3 is 4.74 Å². The average molecular weight is 338 g/mol. The third-order valence-corrected chi connectivity index (χ3v) is 4.78. The number of carbonyl (C=O) groups excluding carboxylic acids is 3. The summed E-state index contributed by atoms with van der Waals surface area (Å²) in [6.45, 7) is 1.43. The minimum absolute atomic E-state index is 0.0719. The quantitative estimate of drug-likeness (QED) is 0.476. The number of imide groups is 1. The molecule has 0 saturated carbocycles. The third-order valence-electron chi connectivity index (χ3n) is 4.78. The first-order chi connectivity index (χ1) is 12.0.